The van der Waals surface area contributed by atoms with Crippen molar-refractivity contribution in [2.75, 3.05) is 19.7 Å². The Morgan fingerprint density at radius 3 is 2.73 bits per heavy atom. The van der Waals surface area contributed by atoms with E-state index in [1.807, 2.05) is 42.5 Å². The predicted octanol–water partition coefficient (Wildman–Crippen LogP) is 2.48. The Kier molecular flexibility index (Phi) is 4.00. The Morgan fingerprint density at radius 1 is 1.12 bits per heavy atom. The number of carbonyl (C=O) groups is 1. The van der Waals surface area contributed by atoms with Gasteiger partial charge in [-0.05, 0) is 27.8 Å². The Morgan fingerprint density at radius 2 is 1.92 bits per heavy atom. The van der Waals surface area contributed by atoms with Crippen molar-refractivity contribution in [3.05, 3.63) is 64.3 Å². The molecule has 4 rings (SSSR count). The van der Waals surface area contributed by atoms with E-state index in [0.717, 1.165) is 10.8 Å². The molecule has 2 aromatic carbocycles. The van der Waals surface area contributed by atoms with Gasteiger partial charge < -0.3 is 19.8 Å². The molecule has 0 fully saturated rings. The van der Waals surface area contributed by atoms with Gasteiger partial charge in [0.25, 0.3) is 5.91 Å². The summed E-state index contributed by atoms with van der Waals surface area (Å²) in [6.45, 7) is 1.44. The summed E-state index contributed by atoms with van der Waals surface area (Å²) in [6, 6.07) is 13.7. The van der Waals surface area contributed by atoms with Crippen LogP contribution in [-0.4, -0.2) is 45.0 Å². The zero-order chi connectivity index (χ0) is 18.1. The van der Waals surface area contributed by atoms with Gasteiger partial charge in [0.05, 0.1) is 6.54 Å². The normalized spacial score (nSPS) is 14.2. The van der Waals surface area contributed by atoms with E-state index in [1.165, 1.54) is 6.20 Å². The first-order chi connectivity index (χ1) is 12.6. The second-order valence-electron chi connectivity index (χ2n) is 6.03. The van der Waals surface area contributed by atoms with Crippen LogP contribution in [0.1, 0.15) is 10.4 Å². The summed E-state index contributed by atoms with van der Waals surface area (Å²) in [4.78, 5) is 28.7. The van der Waals surface area contributed by atoms with Crippen LogP contribution in [0.25, 0.3) is 10.8 Å². The fraction of sp³-hybridized carbons (Fsp3) is 0.222. The van der Waals surface area contributed by atoms with E-state index in [9.17, 15) is 14.9 Å². The van der Waals surface area contributed by atoms with Crippen LogP contribution in [0, 0.1) is 10.1 Å². The molecule has 2 heterocycles. The maximum atomic E-state index is 12.9. The molecule has 0 bridgehead atoms. The summed E-state index contributed by atoms with van der Waals surface area (Å²) in [7, 11) is 0. The fourth-order valence-electron chi connectivity index (χ4n) is 3.04. The van der Waals surface area contributed by atoms with E-state index in [0.29, 0.717) is 25.2 Å². The van der Waals surface area contributed by atoms with Crippen LogP contribution in [0.5, 0.6) is 6.01 Å². The fourth-order valence-corrected chi connectivity index (χ4v) is 3.04. The SMILES string of the molecule is O=C(c1ccc2ccccc2c1)N1CCOc2nc([N+](=O)[O-])cn2CC1. The number of imidazole rings is 1. The molecule has 0 atom stereocenters. The molecule has 0 radical (unpaired) electrons. The maximum absolute atomic E-state index is 12.9. The molecular formula is C18H16N4O4. The summed E-state index contributed by atoms with van der Waals surface area (Å²) in [5.41, 5.74) is 0.612. The molecule has 0 aliphatic carbocycles. The van der Waals surface area contributed by atoms with E-state index < -0.39 is 4.92 Å². The van der Waals surface area contributed by atoms with E-state index >= 15 is 0 Å². The quantitative estimate of drug-likeness (QED) is 0.522. The lowest BCUT2D eigenvalue weighted by molar-refractivity contribution is -0.389. The second-order valence-corrected chi connectivity index (χ2v) is 6.03. The average molecular weight is 352 g/mol. The summed E-state index contributed by atoms with van der Waals surface area (Å²) in [5, 5.41) is 13.0. The minimum atomic E-state index is -0.556. The van der Waals surface area contributed by atoms with Crippen LogP contribution >= 0.6 is 0 Å². The number of benzene rings is 2. The zero-order valence-electron chi connectivity index (χ0n) is 13.9. The Hall–Kier alpha value is -3.42. The van der Waals surface area contributed by atoms with Crippen molar-refractivity contribution in [2.24, 2.45) is 0 Å². The van der Waals surface area contributed by atoms with Gasteiger partial charge in [0.2, 0.25) is 0 Å². The van der Waals surface area contributed by atoms with Crippen molar-refractivity contribution in [1.29, 1.82) is 0 Å². The largest absolute Gasteiger partial charge is 0.444 e. The third-order valence-electron chi connectivity index (χ3n) is 4.40. The first-order valence-corrected chi connectivity index (χ1v) is 8.24. The lowest BCUT2D eigenvalue weighted by atomic mass is 10.1. The highest BCUT2D eigenvalue weighted by Gasteiger charge is 2.25. The van der Waals surface area contributed by atoms with Crippen LogP contribution in [-0.2, 0) is 6.54 Å². The van der Waals surface area contributed by atoms with E-state index in [2.05, 4.69) is 4.98 Å². The molecule has 0 unspecified atom stereocenters. The third-order valence-corrected chi connectivity index (χ3v) is 4.40. The summed E-state index contributed by atoms with van der Waals surface area (Å²) < 4.78 is 7.07. The summed E-state index contributed by atoms with van der Waals surface area (Å²) in [6.07, 6.45) is 1.33. The molecule has 1 amide bonds. The van der Waals surface area contributed by atoms with E-state index in [4.69, 9.17) is 4.74 Å². The molecule has 1 aliphatic heterocycles. The van der Waals surface area contributed by atoms with Gasteiger partial charge in [0.1, 0.15) is 12.8 Å². The van der Waals surface area contributed by atoms with E-state index in [-0.39, 0.29) is 24.3 Å². The van der Waals surface area contributed by atoms with Crippen LogP contribution in [0.2, 0.25) is 0 Å². The molecular weight excluding hydrogens is 336 g/mol. The number of hydrogen-bond donors (Lipinski definition) is 0. The lowest BCUT2D eigenvalue weighted by Gasteiger charge is -2.25. The number of amides is 1. The molecule has 0 saturated carbocycles. The van der Waals surface area contributed by atoms with Crippen molar-refractivity contribution in [2.45, 2.75) is 6.54 Å². The van der Waals surface area contributed by atoms with Crippen molar-refractivity contribution < 1.29 is 14.5 Å². The number of aromatic nitrogens is 2. The molecule has 0 N–H and O–H groups in total. The number of nitro groups is 1. The van der Waals surface area contributed by atoms with Gasteiger partial charge in [-0.15, -0.1) is 0 Å². The summed E-state index contributed by atoms with van der Waals surface area (Å²) >= 11 is 0. The number of hydrogen-bond acceptors (Lipinski definition) is 5. The highest BCUT2D eigenvalue weighted by molar-refractivity contribution is 5.98. The monoisotopic (exact) mass is 352 g/mol. The Labute approximate surface area is 148 Å². The standard InChI is InChI=1S/C18H16N4O4/c23-17(15-6-5-13-3-1-2-4-14(13)11-15)20-7-8-21-12-16(22(24)25)19-18(21)26-10-9-20/h1-6,11-12H,7-10H2. The van der Waals surface area contributed by atoms with Crippen LogP contribution < -0.4 is 4.74 Å². The maximum Gasteiger partial charge on any atom is 0.414 e. The van der Waals surface area contributed by atoms with Gasteiger partial charge >= 0.3 is 11.8 Å². The molecule has 3 aromatic rings. The van der Waals surface area contributed by atoms with Crippen LogP contribution in [0.15, 0.2) is 48.7 Å². The van der Waals surface area contributed by atoms with Gasteiger partial charge in [0.15, 0.2) is 0 Å². The van der Waals surface area contributed by atoms with Gasteiger partial charge in [-0.25, -0.2) is 0 Å². The van der Waals surface area contributed by atoms with Crippen molar-refractivity contribution in [1.82, 2.24) is 14.5 Å². The molecule has 0 saturated heterocycles. The highest BCUT2D eigenvalue weighted by atomic mass is 16.6. The predicted molar refractivity (Wildman–Crippen MR) is 94.2 cm³/mol. The molecule has 8 nitrogen and oxygen atoms in total. The minimum absolute atomic E-state index is 0.0857. The highest BCUT2D eigenvalue weighted by Crippen LogP contribution is 2.20. The average Bonchev–Trinajstić information content (AvgIpc) is 3.03. The van der Waals surface area contributed by atoms with Gasteiger partial charge in [0, 0.05) is 23.6 Å². The molecule has 132 valence electrons. The van der Waals surface area contributed by atoms with Crippen molar-refractivity contribution >= 4 is 22.5 Å². The van der Waals surface area contributed by atoms with Gasteiger partial charge in [-0.3, -0.25) is 9.36 Å². The van der Waals surface area contributed by atoms with Gasteiger partial charge in [-0.2, -0.15) is 0 Å². The first kappa shape index (κ1) is 16.1. The number of ether oxygens (including phenoxy) is 1. The number of nitrogens with zero attached hydrogens (tertiary/aromatic N) is 4. The lowest BCUT2D eigenvalue weighted by Crippen LogP contribution is -2.38. The molecule has 1 aliphatic rings. The molecule has 0 spiro atoms. The number of carbonyl (C=O) groups excluding carboxylic acids is 1. The van der Waals surface area contributed by atoms with Crippen molar-refractivity contribution in [3.63, 3.8) is 0 Å². The topological polar surface area (TPSA) is 90.5 Å². The third kappa shape index (κ3) is 2.97. The smallest absolute Gasteiger partial charge is 0.414 e. The number of rotatable bonds is 2. The van der Waals surface area contributed by atoms with Crippen molar-refractivity contribution in [3.8, 4) is 6.01 Å². The molecule has 1 aromatic heterocycles. The number of fused-ring (bicyclic) bond motifs is 2. The van der Waals surface area contributed by atoms with Gasteiger partial charge in [-0.1, -0.05) is 30.3 Å². The molecule has 8 heteroatoms. The first-order valence-electron chi connectivity index (χ1n) is 8.24. The van der Waals surface area contributed by atoms with E-state index in [1.54, 1.807) is 9.47 Å². The Bertz CT molecular complexity index is 998. The van der Waals surface area contributed by atoms with Crippen LogP contribution in [0.3, 0.4) is 0 Å². The van der Waals surface area contributed by atoms with Crippen LogP contribution in [0.4, 0.5) is 5.82 Å². The Balaban J connectivity index is 1.55. The summed E-state index contributed by atoms with van der Waals surface area (Å²) in [5.74, 6) is -0.341. The molecule has 26 heavy (non-hydrogen) atoms. The second kappa shape index (κ2) is 6.47. The minimum Gasteiger partial charge on any atom is -0.444 e. The zero-order valence-corrected chi connectivity index (χ0v) is 13.9.